The van der Waals surface area contributed by atoms with Crippen molar-refractivity contribution in [2.75, 3.05) is 25.5 Å². The first-order valence-corrected chi connectivity index (χ1v) is 10.3. The van der Waals surface area contributed by atoms with Crippen molar-refractivity contribution in [3.05, 3.63) is 47.0 Å². The Kier molecular flexibility index (Phi) is 4.86. The summed E-state index contributed by atoms with van der Waals surface area (Å²) in [7, 11) is 1.88. The van der Waals surface area contributed by atoms with Gasteiger partial charge in [0, 0.05) is 37.4 Å². The molecule has 0 radical (unpaired) electrons. The monoisotopic (exact) mass is 384 g/mol. The number of carbonyl (C=O) groups excluding carboxylic acids is 2. The Morgan fingerprint density at radius 3 is 2.63 bits per heavy atom. The minimum atomic E-state index is -0.350. The molecule has 2 N–H and O–H groups in total. The molecule has 7 heteroatoms. The minimum absolute atomic E-state index is 0.0222. The number of amides is 2. The lowest BCUT2D eigenvalue weighted by Gasteiger charge is -2.42. The van der Waals surface area contributed by atoms with Gasteiger partial charge in [-0.2, -0.15) is 0 Å². The molecule has 0 aliphatic carbocycles. The van der Waals surface area contributed by atoms with Crippen molar-refractivity contribution in [2.45, 2.75) is 37.1 Å². The number of anilines is 1. The van der Waals surface area contributed by atoms with Gasteiger partial charge in [0.2, 0.25) is 11.8 Å². The SMILES string of the molecule is CNc1nc(C2(c3ccccc3)CCN(C(=O)[C@@H]3CCC(=O)N3)CC2)cs1. The summed E-state index contributed by atoms with van der Waals surface area (Å²) in [6.45, 7) is 1.35. The number of benzene rings is 1. The number of nitrogens with one attached hydrogen (secondary N) is 2. The van der Waals surface area contributed by atoms with E-state index in [1.165, 1.54) is 5.56 Å². The van der Waals surface area contributed by atoms with Gasteiger partial charge in [0.25, 0.3) is 0 Å². The van der Waals surface area contributed by atoms with Crippen molar-refractivity contribution in [1.82, 2.24) is 15.2 Å². The van der Waals surface area contributed by atoms with Crippen molar-refractivity contribution in [3.63, 3.8) is 0 Å². The van der Waals surface area contributed by atoms with Crippen LogP contribution < -0.4 is 10.6 Å². The van der Waals surface area contributed by atoms with E-state index in [1.807, 2.05) is 18.0 Å². The molecule has 2 saturated heterocycles. The highest BCUT2D eigenvalue weighted by Gasteiger charge is 2.42. The lowest BCUT2D eigenvalue weighted by atomic mass is 9.70. The summed E-state index contributed by atoms with van der Waals surface area (Å²) in [5.74, 6) is 0.0303. The summed E-state index contributed by atoms with van der Waals surface area (Å²) in [4.78, 5) is 30.9. The second-order valence-corrected chi connectivity index (χ2v) is 8.08. The molecule has 2 aliphatic heterocycles. The maximum atomic E-state index is 12.8. The standard InChI is InChI=1S/C20H24N4O2S/c1-21-19-23-16(13-27-19)20(14-5-3-2-4-6-14)9-11-24(12-10-20)18(26)15-7-8-17(25)22-15/h2-6,13,15H,7-12H2,1H3,(H,21,23)(H,22,25)/t15-/m0/s1. The van der Waals surface area contributed by atoms with Crippen LogP contribution in [0.5, 0.6) is 0 Å². The number of thiazole rings is 1. The normalized spacial score (nSPS) is 21.7. The molecule has 3 heterocycles. The van der Waals surface area contributed by atoms with Gasteiger partial charge in [0.05, 0.1) is 5.69 Å². The summed E-state index contributed by atoms with van der Waals surface area (Å²) < 4.78 is 0. The zero-order chi connectivity index (χ0) is 18.9. The first kappa shape index (κ1) is 18.0. The number of hydrogen-bond acceptors (Lipinski definition) is 5. The van der Waals surface area contributed by atoms with Crippen LogP contribution in [0.3, 0.4) is 0 Å². The first-order chi connectivity index (χ1) is 13.1. The second-order valence-electron chi connectivity index (χ2n) is 7.22. The van der Waals surface area contributed by atoms with Crippen LogP contribution in [0.15, 0.2) is 35.7 Å². The van der Waals surface area contributed by atoms with E-state index >= 15 is 0 Å². The van der Waals surface area contributed by atoms with Gasteiger partial charge in [-0.05, 0) is 24.8 Å². The molecule has 27 heavy (non-hydrogen) atoms. The van der Waals surface area contributed by atoms with Crippen LogP contribution in [0, 0.1) is 0 Å². The maximum absolute atomic E-state index is 12.8. The van der Waals surface area contributed by atoms with Crippen LogP contribution in [-0.4, -0.2) is 47.9 Å². The molecule has 142 valence electrons. The molecule has 0 bridgehead atoms. The van der Waals surface area contributed by atoms with Crippen molar-refractivity contribution in [1.29, 1.82) is 0 Å². The van der Waals surface area contributed by atoms with Gasteiger partial charge in [-0.15, -0.1) is 11.3 Å². The molecule has 2 aliphatic rings. The molecule has 1 aromatic carbocycles. The number of aromatic nitrogens is 1. The zero-order valence-electron chi connectivity index (χ0n) is 15.4. The van der Waals surface area contributed by atoms with Crippen LogP contribution in [0.25, 0.3) is 0 Å². The molecular formula is C20H24N4O2S. The molecule has 2 amide bonds. The molecule has 0 spiro atoms. The van der Waals surface area contributed by atoms with E-state index in [-0.39, 0.29) is 23.3 Å². The Morgan fingerprint density at radius 2 is 2.04 bits per heavy atom. The quantitative estimate of drug-likeness (QED) is 0.849. The Balaban J connectivity index is 1.57. The van der Waals surface area contributed by atoms with E-state index in [1.54, 1.807) is 11.3 Å². The fourth-order valence-corrected chi connectivity index (χ4v) is 4.96. The Labute approximate surface area is 163 Å². The Hall–Kier alpha value is -2.41. The van der Waals surface area contributed by atoms with E-state index in [0.717, 1.165) is 23.7 Å². The Morgan fingerprint density at radius 1 is 1.30 bits per heavy atom. The summed E-state index contributed by atoms with van der Waals surface area (Å²) in [6.07, 6.45) is 2.71. The smallest absolute Gasteiger partial charge is 0.245 e. The highest BCUT2D eigenvalue weighted by Crippen LogP contribution is 2.42. The highest BCUT2D eigenvalue weighted by atomic mass is 32.1. The number of likely N-dealkylation sites (tertiary alicyclic amines) is 1. The van der Waals surface area contributed by atoms with Gasteiger partial charge in [-0.25, -0.2) is 4.98 Å². The van der Waals surface area contributed by atoms with E-state index in [9.17, 15) is 9.59 Å². The van der Waals surface area contributed by atoms with E-state index in [0.29, 0.717) is 25.9 Å². The first-order valence-electron chi connectivity index (χ1n) is 9.40. The molecule has 0 saturated carbocycles. The predicted molar refractivity (Wildman–Crippen MR) is 106 cm³/mol. The third-order valence-electron chi connectivity index (χ3n) is 5.76. The third-order valence-corrected chi connectivity index (χ3v) is 6.62. The molecule has 2 fully saturated rings. The largest absolute Gasteiger partial charge is 0.365 e. The zero-order valence-corrected chi connectivity index (χ0v) is 16.2. The van der Waals surface area contributed by atoms with Crippen molar-refractivity contribution in [3.8, 4) is 0 Å². The van der Waals surface area contributed by atoms with E-state index in [2.05, 4.69) is 40.3 Å². The fraction of sp³-hybridized carbons (Fsp3) is 0.450. The van der Waals surface area contributed by atoms with E-state index < -0.39 is 0 Å². The number of nitrogens with zero attached hydrogens (tertiary/aromatic N) is 2. The lowest BCUT2D eigenvalue weighted by Crippen LogP contribution is -2.51. The van der Waals surface area contributed by atoms with Gasteiger partial charge in [-0.3, -0.25) is 9.59 Å². The molecule has 1 atom stereocenters. The second kappa shape index (κ2) is 7.31. The van der Waals surface area contributed by atoms with Crippen LogP contribution >= 0.6 is 11.3 Å². The third kappa shape index (κ3) is 3.32. The van der Waals surface area contributed by atoms with Gasteiger partial charge in [0.15, 0.2) is 5.13 Å². The van der Waals surface area contributed by atoms with Crippen molar-refractivity contribution < 1.29 is 9.59 Å². The molecular weight excluding hydrogens is 360 g/mol. The van der Waals surface area contributed by atoms with E-state index in [4.69, 9.17) is 4.98 Å². The number of rotatable bonds is 4. The number of carbonyl (C=O) groups is 2. The average Bonchev–Trinajstić information content (AvgIpc) is 3.37. The summed E-state index contributed by atoms with van der Waals surface area (Å²) in [5, 5.41) is 8.97. The van der Waals surface area contributed by atoms with Crippen LogP contribution in [0.2, 0.25) is 0 Å². The van der Waals surface area contributed by atoms with Crippen molar-refractivity contribution >= 4 is 28.3 Å². The lowest BCUT2D eigenvalue weighted by molar-refractivity contribution is -0.135. The van der Waals surface area contributed by atoms with Crippen LogP contribution in [-0.2, 0) is 15.0 Å². The molecule has 4 rings (SSSR count). The fourth-order valence-electron chi connectivity index (χ4n) is 4.19. The van der Waals surface area contributed by atoms with Crippen LogP contribution in [0.1, 0.15) is 36.9 Å². The summed E-state index contributed by atoms with van der Waals surface area (Å²) in [6, 6.07) is 10.1. The molecule has 1 aromatic heterocycles. The predicted octanol–water partition coefficient (Wildman–Crippen LogP) is 2.37. The summed E-state index contributed by atoms with van der Waals surface area (Å²) >= 11 is 1.61. The van der Waals surface area contributed by atoms with Gasteiger partial charge >= 0.3 is 0 Å². The topological polar surface area (TPSA) is 74.3 Å². The average molecular weight is 385 g/mol. The Bertz CT molecular complexity index is 828. The number of hydrogen-bond donors (Lipinski definition) is 2. The maximum Gasteiger partial charge on any atom is 0.245 e. The highest BCUT2D eigenvalue weighted by molar-refractivity contribution is 7.13. The minimum Gasteiger partial charge on any atom is -0.365 e. The summed E-state index contributed by atoms with van der Waals surface area (Å²) in [5.41, 5.74) is 2.14. The molecule has 0 unspecified atom stereocenters. The van der Waals surface area contributed by atoms with Gasteiger partial charge < -0.3 is 15.5 Å². The van der Waals surface area contributed by atoms with Crippen LogP contribution in [0.4, 0.5) is 5.13 Å². The molecule has 6 nitrogen and oxygen atoms in total. The van der Waals surface area contributed by atoms with Crippen molar-refractivity contribution in [2.24, 2.45) is 0 Å². The van der Waals surface area contributed by atoms with Gasteiger partial charge in [-0.1, -0.05) is 30.3 Å². The van der Waals surface area contributed by atoms with Gasteiger partial charge in [0.1, 0.15) is 6.04 Å². The molecule has 2 aromatic rings. The number of piperidine rings is 1.